The van der Waals surface area contributed by atoms with Crippen LogP contribution in [0.1, 0.15) is 19.4 Å². The largest absolute Gasteiger partial charge is 0.389 e. The minimum absolute atomic E-state index is 0.000873. The number of aliphatic hydroxyl groups excluding tert-OH is 1. The maximum atomic E-state index is 12.4. The van der Waals surface area contributed by atoms with Crippen molar-refractivity contribution in [3.05, 3.63) is 29.8 Å². The molecule has 24 heavy (non-hydrogen) atoms. The molecule has 0 bridgehead atoms. The van der Waals surface area contributed by atoms with Crippen LogP contribution in [0.3, 0.4) is 0 Å². The van der Waals surface area contributed by atoms with Gasteiger partial charge in [-0.3, -0.25) is 0 Å². The van der Waals surface area contributed by atoms with Crippen LogP contribution in [0, 0.1) is 11.3 Å². The average molecular weight is 353 g/mol. The molecule has 1 aromatic rings. The van der Waals surface area contributed by atoms with E-state index in [9.17, 15) is 13.5 Å². The standard InChI is InChI=1S/C16H23N3O4S/c1-3-19(4-2)10-15-16(20)14(11-23-15)18-24(21,22)13-7-5-6-12(8-13)9-17/h5-8,14-16,18,20H,3-4,10-11H2,1-2H3/t14?,15-,16+/m0/s1. The molecular formula is C16H23N3O4S. The molecule has 1 aromatic carbocycles. The van der Waals surface area contributed by atoms with Crippen LogP contribution >= 0.6 is 0 Å². The molecule has 0 saturated carbocycles. The van der Waals surface area contributed by atoms with Crippen LogP contribution in [0.5, 0.6) is 0 Å². The summed E-state index contributed by atoms with van der Waals surface area (Å²) in [7, 11) is -3.83. The first-order valence-corrected chi connectivity index (χ1v) is 9.44. The Bertz CT molecular complexity index is 698. The highest BCUT2D eigenvalue weighted by molar-refractivity contribution is 7.89. The summed E-state index contributed by atoms with van der Waals surface area (Å²) < 4.78 is 32.9. The first kappa shape index (κ1) is 18.8. The van der Waals surface area contributed by atoms with Crippen LogP contribution in [0.25, 0.3) is 0 Å². The van der Waals surface area contributed by atoms with E-state index in [4.69, 9.17) is 10.00 Å². The van der Waals surface area contributed by atoms with Gasteiger partial charge in [-0.1, -0.05) is 19.9 Å². The molecule has 1 fully saturated rings. The SMILES string of the molecule is CCN(CC)C[C@@H]1OCC(NS(=O)(=O)c2cccc(C#N)c2)[C@H]1O. The normalized spacial score (nSPS) is 24.2. The molecule has 0 amide bonds. The van der Waals surface area contributed by atoms with Crippen LogP contribution in [-0.4, -0.2) is 62.9 Å². The number of ether oxygens (including phenoxy) is 1. The highest BCUT2D eigenvalue weighted by Crippen LogP contribution is 2.19. The van der Waals surface area contributed by atoms with Crippen LogP contribution in [0.4, 0.5) is 0 Å². The maximum Gasteiger partial charge on any atom is 0.241 e. The molecule has 1 aliphatic heterocycles. The van der Waals surface area contributed by atoms with Crippen molar-refractivity contribution in [3.8, 4) is 6.07 Å². The summed E-state index contributed by atoms with van der Waals surface area (Å²) in [5.74, 6) is 0. The molecule has 2 N–H and O–H groups in total. The van der Waals surface area contributed by atoms with Crippen molar-refractivity contribution in [2.24, 2.45) is 0 Å². The van der Waals surface area contributed by atoms with Crippen molar-refractivity contribution in [3.63, 3.8) is 0 Å². The zero-order valence-corrected chi connectivity index (χ0v) is 14.7. The second-order valence-corrected chi connectivity index (χ2v) is 7.43. The molecule has 1 heterocycles. The molecule has 7 nitrogen and oxygen atoms in total. The zero-order chi connectivity index (χ0) is 17.7. The van der Waals surface area contributed by atoms with Gasteiger partial charge >= 0.3 is 0 Å². The van der Waals surface area contributed by atoms with E-state index in [0.29, 0.717) is 6.54 Å². The third-order valence-electron chi connectivity index (χ3n) is 4.20. The first-order valence-electron chi connectivity index (χ1n) is 7.95. The third kappa shape index (κ3) is 4.32. The lowest BCUT2D eigenvalue weighted by atomic mass is 10.1. The van der Waals surface area contributed by atoms with Crippen molar-refractivity contribution in [1.29, 1.82) is 5.26 Å². The lowest BCUT2D eigenvalue weighted by Gasteiger charge is -2.24. The second-order valence-electron chi connectivity index (χ2n) is 5.72. The molecule has 1 unspecified atom stereocenters. The fraction of sp³-hybridized carbons (Fsp3) is 0.562. The molecule has 1 saturated heterocycles. The Balaban J connectivity index is 2.06. The van der Waals surface area contributed by atoms with Gasteiger partial charge in [-0.05, 0) is 31.3 Å². The highest BCUT2D eigenvalue weighted by atomic mass is 32.2. The highest BCUT2D eigenvalue weighted by Gasteiger charge is 2.38. The number of rotatable bonds is 7. The van der Waals surface area contributed by atoms with Gasteiger partial charge in [0.1, 0.15) is 0 Å². The van der Waals surface area contributed by atoms with Gasteiger partial charge in [-0.2, -0.15) is 5.26 Å². The van der Waals surface area contributed by atoms with Crippen LogP contribution < -0.4 is 4.72 Å². The summed E-state index contributed by atoms with van der Waals surface area (Å²) in [5.41, 5.74) is 0.264. The quantitative estimate of drug-likeness (QED) is 0.731. The maximum absolute atomic E-state index is 12.4. The second kappa shape index (κ2) is 8.05. The summed E-state index contributed by atoms with van der Waals surface area (Å²) in [6.45, 7) is 6.38. The summed E-state index contributed by atoms with van der Waals surface area (Å²) in [6.07, 6.45) is -1.34. The van der Waals surface area contributed by atoms with E-state index in [1.165, 1.54) is 24.3 Å². The third-order valence-corrected chi connectivity index (χ3v) is 5.68. The Labute approximate surface area is 142 Å². The van der Waals surface area contributed by atoms with E-state index in [1.807, 2.05) is 19.9 Å². The van der Waals surface area contributed by atoms with Gasteiger partial charge in [-0.25, -0.2) is 13.1 Å². The Kier molecular flexibility index (Phi) is 6.32. The number of nitriles is 1. The van der Waals surface area contributed by atoms with E-state index < -0.39 is 28.3 Å². The van der Waals surface area contributed by atoms with E-state index in [-0.39, 0.29) is 17.1 Å². The summed E-state index contributed by atoms with van der Waals surface area (Å²) in [6, 6.07) is 6.97. The predicted octanol–water partition coefficient (Wildman–Crippen LogP) is 0.307. The monoisotopic (exact) mass is 353 g/mol. The number of aliphatic hydroxyl groups is 1. The number of hydrogen-bond acceptors (Lipinski definition) is 6. The number of likely N-dealkylation sites (N-methyl/N-ethyl adjacent to an activating group) is 1. The molecule has 8 heteroatoms. The Hall–Kier alpha value is -1.50. The molecule has 0 spiro atoms. The van der Waals surface area contributed by atoms with Crippen LogP contribution in [-0.2, 0) is 14.8 Å². The molecule has 0 aliphatic carbocycles. The molecule has 0 radical (unpaired) electrons. The van der Waals surface area contributed by atoms with Gasteiger partial charge in [0.25, 0.3) is 0 Å². The summed E-state index contributed by atoms with van der Waals surface area (Å²) in [4.78, 5) is 2.11. The van der Waals surface area contributed by atoms with Gasteiger partial charge in [0, 0.05) is 6.54 Å². The Morgan fingerprint density at radius 3 is 2.75 bits per heavy atom. The fourth-order valence-electron chi connectivity index (χ4n) is 2.68. The number of nitrogens with zero attached hydrogens (tertiary/aromatic N) is 2. The van der Waals surface area contributed by atoms with E-state index in [0.717, 1.165) is 13.1 Å². The lowest BCUT2D eigenvalue weighted by molar-refractivity contribution is 0.0175. The summed E-state index contributed by atoms with van der Waals surface area (Å²) >= 11 is 0. The van der Waals surface area contributed by atoms with Crippen molar-refractivity contribution in [2.75, 3.05) is 26.2 Å². The van der Waals surface area contributed by atoms with E-state index in [2.05, 4.69) is 9.62 Å². The molecule has 2 rings (SSSR count). The van der Waals surface area contributed by atoms with Crippen molar-refractivity contribution >= 4 is 10.0 Å². The van der Waals surface area contributed by atoms with Gasteiger partial charge in [0.15, 0.2) is 0 Å². The number of sulfonamides is 1. The van der Waals surface area contributed by atoms with E-state index in [1.54, 1.807) is 0 Å². The van der Waals surface area contributed by atoms with Crippen LogP contribution in [0.2, 0.25) is 0 Å². The molecular weight excluding hydrogens is 330 g/mol. The smallest absolute Gasteiger partial charge is 0.241 e. The fourth-order valence-corrected chi connectivity index (χ4v) is 3.97. The van der Waals surface area contributed by atoms with E-state index >= 15 is 0 Å². The zero-order valence-electron chi connectivity index (χ0n) is 13.8. The van der Waals surface area contributed by atoms with Gasteiger partial charge in [0.05, 0.1) is 41.4 Å². The predicted molar refractivity (Wildman–Crippen MR) is 88.8 cm³/mol. The topological polar surface area (TPSA) is 103 Å². The molecule has 0 aromatic heterocycles. The minimum Gasteiger partial charge on any atom is -0.389 e. The first-order chi connectivity index (χ1) is 11.4. The summed E-state index contributed by atoms with van der Waals surface area (Å²) in [5, 5.41) is 19.3. The number of benzene rings is 1. The van der Waals surface area contributed by atoms with Gasteiger partial charge in [-0.15, -0.1) is 0 Å². The van der Waals surface area contributed by atoms with Crippen LogP contribution in [0.15, 0.2) is 29.2 Å². The number of hydrogen-bond donors (Lipinski definition) is 2. The molecule has 1 aliphatic rings. The van der Waals surface area contributed by atoms with Gasteiger partial charge in [0.2, 0.25) is 10.0 Å². The number of nitrogens with one attached hydrogen (secondary N) is 1. The average Bonchev–Trinajstić information content (AvgIpc) is 2.92. The molecule has 3 atom stereocenters. The van der Waals surface area contributed by atoms with Crippen molar-refractivity contribution in [2.45, 2.75) is 37.0 Å². The lowest BCUT2D eigenvalue weighted by Crippen LogP contribution is -2.46. The Morgan fingerprint density at radius 2 is 2.12 bits per heavy atom. The van der Waals surface area contributed by atoms with Gasteiger partial charge < -0.3 is 14.7 Å². The van der Waals surface area contributed by atoms with Crippen molar-refractivity contribution in [1.82, 2.24) is 9.62 Å². The van der Waals surface area contributed by atoms with Crippen molar-refractivity contribution < 1.29 is 18.3 Å². The Morgan fingerprint density at radius 1 is 1.42 bits per heavy atom. The molecule has 132 valence electrons. The minimum atomic E-state index is -3.83.